The Morgan fingerprint density at radius 2 is 2.07 bits per heavy atom. The first-order valence-electron chi connectivity index (χ1n) is 10.2. The highest BCUT2D eigenvalue weighted by molar-refractivity contribution is 5.80. The monoisotopic (exact) mass is 418 g/mol. The van der Waals surface area contributed by atoms with E-state index in [0.29, 0.717) is 49.2 Å². The Morgan fingerprint density at radius 3 is 2.70 bits per heavy atom. The molecule has 3 atom stereocenters. The molecular formula is C21H27FN4O4. The summed E-state index contributed by atoms with van der Waals surface area (Å²) in [6, 6.07) is 2.56. The smallest absolute Gasteiger partial charge is 0.408 e. The molecule has 4 rings (SSSR count). The summed E-state index contributed by atoms with van der Waals surface area (Å²) >= 11 is 0. The molecule has 1 unspecified atom stereocenters. The van der Waals surface area contributed by atoms with Crippen molar-refractivity contribution >= 4 is 17.1 Å². The number of rotatable bonds is 3. The fourth-order valence-corrected chi connectivity index (χ4v) is 4.98. The third-order valence-electron chi connectivity index (χ3n) is 6.17. The van der Waals surface area contributed by atoms with Gasteiger partial charge in [0.05, 0.1) is 29.4 Å². The number of aliphatic hydroxyl groups excluding tert-OH is 1. The zero-order valence-corrected chi connectivity index (χ0v) is 17.4. The van der Waals surface area contributed by atoms with E-state index >= 15 is 0 Å². The molecule has 9 heteroatoms. The summed E-state index contributed by atoms with van der Waals surface area (Å²) in [7, 11) is 0. The number of piperidine rings is 1. The molecule has 1 amide bonds. The SMILES string of the molecule is CC(C)(C)N(C(=O)O)[C@@H]1CCN(CC2Cn3c(=O)ccc4ncc(F)c2c43)C[C@@H]1O. The quantitative estimate of drug-likeness (QED) is 0.789. The highest BCUT2D eigenvalue weighted by Gasteiger charge is 2.41. The molecule has 4 heterocycles. The second kappa shape index (κ2) is 7.31. The van der Waals surface area contributed by atoms with Crippen LogP contribution in [0.25, 0.3) is 11.0 Å². The number of carboxylic acid groups (broad SMARTS) is 1. The number of carbonyl (C=O) groups is 1. The topological polar surface area (TPSA) is 98.9 Å². The van der Waals surface area contributed by atoms with Crippen molar-refractivity contribution in [1.29, 1.82) is 0 Å². The normalized spacial score (nSPS) is 24.4. The lowest BCUT2D eigenvalue weighted by Gasteiger charge is -2.46. The van der Waals surface area contributed by atoms with Crippen LogP contribution in [0.3, 0.4) is 0 Å². The lowest BCUT2D eigenvalue weighted by molar-refractivity contribution is -0.0361. The summed E-state index contributed by atoms with van der Waals surface area (Å²) in [4.78, 5) is 31.5. The molecule has 1 fully saturated rings. The first kappa shape index (κ1) is 20.7. The zero-order valence-electron chi connectivity index (χ0n) is 17.4. The summed E-state index contributed by atoms with van der Waals surface area (Å²) in [6.45, 7) is 7.15. The molecule has 2 aromatic rings. The van der Waals surface area contributed by atoms with E-state index < -0.39 is 29.6 Å². The Kier molecular flexibility index (Phi) is 5.06. The van der Waals surface area contributed by atoms with Crippen LogP contribution in [0, 0.1) is 5.82 Å². The third kappa shape index (κ3) is 3.45. The minimum atomic E-state index is -1.05. The minimum Gasteiger partial charge on any atom is -0.465 e. The first-order valence-corrected chi connectivity index (χ1v) is 10.2. The average molecular weight is 418 g/mol. The molecule has 8 nitrogen and oxygen atoms in total. The second-order valence-corrected chi connectivity index (χ2v) is 9.24. The molecular weight excluding hydrogens is 391 g/mol. The number of β-amino-alcohol motifs (C(OH)–C–C–N with tert-alkyl or cyclic N) is 1. The Balaban J connectivity index is 1.53. The number of amides is 1. The number of nitrogens with zero attached hydrogens (tertiary/aromatic N) is 4. The summed E-state index contributed by atoms with van der Waals surface area (Å²) in [5.41, 5.74) is 0.831. The van der Waals surface area contributed by atoms with Gasteiger partial charge in [-0.2, -0.15) is 0 Å². The highest BCUT2D eigenvalue weighted by Crippen LogP contribution is 2.35. The Labute approximate surface area is 173 Å². The van der Waals surface area contributed by atoms with E-state index in [9.17, 15) is 24.2 Å². The van der Waals surface area contributed by atoms with Crippen molar-refractivity contribution in [2.75, 3.05) is 19.6 Å². The maximum atomic E-state index is 14.6. The van der Waals surface area contributed by atoms with Crippen molar-refractivity contribution < 1.29 is 19.4 Å². The Hall–Kier alpha value is -2.52. The lowest BCUT2D eigenvalue weighted by atomic mass is 9.93. The molecule has 0 aromatic carbocycles. The lowest BCUT2D eigenvalue weighted by Crippen LogP contribution is -2.60. The summed E-state index contributed by atoms with van der Waals surface area (Å²) in [5.74, 6) is -0.655. The van der Waals surface area contributed by atoms with Gasteiger partial charge in [0.15, 0.2) is 0 Å². The van der Waals surface area contributed by atoms with Gasteiger partial charge in [0.1, 0.15) is 5.82 Å². The maximum Gasteiger partial charge on any atom is 0.408 e. The molecule has 0 radical (unpaired) electrons. The molecule has 2 aliphatic heterocycles. The number of hydrogen-bond donors (Lipinski definition) is 2. The Bertz CT molecular complexity index is 1050. The van der Waals surface area contributed by atoms with Crippen molar-refractivity contribution in [3.8, 4) is 0 Å². The number of hydrogen-bond acceptors (Lipinski definition) is 5. The largest absolute Gasteiger partial charge is 0.465 e. The van der Waals surface area contributed by atoms with E-state index in [4.69, 9.17) is 0 Å². The van der Waals surface area contributed by atoms with Crippen LogP contribution in [0.15, 0.2) is 23.1 Å². The Morgan fingerprint density at radius 1 is 1.33 bits per heavy atom. The third-order valence-corrected chi connectivity index (χ3v) is 6.17. The van der Waals surface area contributed by atoms with Crippen LogP contribution in [-0.4, -0.2) is 73.0 Å². The molecule has 162 valence electrons. The predicted octanol–water partition coefficient (Wildman–Crippen LogP) is 1.85. The van der Waals surface area contributed by atoms with Gasteiger partial charge in [-0.1, -0.05) is 0 Å². The molecule has 30 heavy (non-hydrogen) atoms. The average Bonchev–Trinajstić information content (AvgIpc) is 3.02. The fourth-order valence-electron chi connectivity index (χ4n) is 4.98. The second-order valence-electron chi connectivity index (χ2n) is 9.24. The van der Waals surface area contributed by atoms with Gasteiger partial charge in [0.25, 0.3) is 5.56 Å². The van der Waals surface area contributed by atoms with E-state index in [1.54, 1.807) is 10.6 Å². The van der Waals surface area contributed by atoms with Crippen LogP contribution in [-0.2, 0) is 6.54 Å². The molecule has 0 bridgehead atoms. The molecule has 2 N–H and O–H groups in total. The van der Waals surface area contributed by atoms with Crippen LogP contribution >= 0.6 is 0 Å². The molecule has 1 saturated heterocycles. The van der Waals surface area contributed by atoms with Crippen molar-refractivity contribution in [3.63, 3.8) is 0 Å². The van der Waals surface area contributed by atoms with Crippen LogP contribution in [0.1, 0.15) is 38.7 Å². The summed E-state index contributed by atoms with van der Waals surface area (Å²) in [6.07, 6.45) is -0.215. The fraction of sp³-hybridized carbons (Fsp3) is 0.571. The van der Waals surface area contributed by atoms with Gasteiger partial charge >= 0.3 is 6.09 Å². The maximum absolute atomic E-state index is 14.6. The van der Waals surface area contributed by atoms with Gasteiger partial charge in [0.2, 0.25) is 0 Å². The van der Waals surface area contributed by atoms with Crippen molar-refractivity contribution in [2.45, 2.75) is 57.3 Å². The van der Waals surface area contributed by atoms with Gasteiger partial charge in [-0.15, -0.1) is 0 Å². The number of aromatic nitrogens is 2. The van der Waals surface area contributed by atoms with Crippen LogP contribution in [0.5, 0.6) is 0 Å². The summed E-state index contributed by atoms with van der Waals surface area (Å²) < 4.78 is 16.2. The van der Waals surface area contributed by atoms with Crippen molar-refractivity contribution in [2.24, 2.45) is 0 Å². The number of pyridine rings is 2. The molecule has 0 saturated carbocycles. The van der Waals surface area contributed by atoms with E-state index in [2.05, 4.69) is 4.98 Å². The molecule has 2 aromatic heterocycles. The van der Waals surface area contributed by atoms with Crippen molar-refractivity contribution in [3.05, 3.63) is 40.1 Å². The molecule has 0 aliphatic carbocycles. The summed E-state index contributed by atoms with van der Waals surface area (Å²) in [5, 5.41) is 20.4. The number of aliphatic hydroxyl groups is 1. The van der Waals surface area contributed by atoms with E-state index in [1.807, 2.05) is 25.7 Å². The zero-order chi connectivity index (χ0) is 21.8. The predicted molar refractivity (Wildman–Crippen MR) is 109 cm³/mol. The van der Waals surface area contributed by atoms with Crippen LogP contribution in [0.4, 0.5) is 9.18 Å². The van der Waals surface area contributed by atoms with E-state index in [-0.39, 0.29) is 11.5 Å². The highest BCUT2D eigenvalue weighted by atomic mass is 19.1. The first-order chi connectivity index (χ1) is 14.1. The van der Waals surface area contributed by atoms with E-state index in [0.717, 1.165) is 0 Å². The van der Waals surface area contributed by atoms with Gasteiger partial charge in [0, 0.05) is 49.3 Å². The number of likely N-dealkylation sites (tertiary alicyclic amines) is 1. The van der Waals surface area contributed by atoms with Gasteiger partial charge in [-0.25, -0.2) is 9.18 Å². The number of halogens is 1. The molecule has 2 aliphatic rings. The van der Waals surface area contributed by atoms with Crippen molar-refractivity contribution in [1.82, 2.24) is 19.4 Å². The molecule has 0 spiro atoms. The van der Waals surface area contributed by atoms with E-state index in [1.165, 1.54) is 17.2 Å². The van der Waals surface area contributed by atoms with Gasteiger partial charge in [-0.3, -0.25) is 19.6 Å². The van der Waals surface area contributed by atoms with Gasteiger partial charge in [-0.05, 0) is 33.3 Å². The van der Waals surface area contributed by atoms with Crippen LogP contribution in [0.2, 0.25) is 0 Å². The van der Waals surface area contributed by atoms with Gasteiger partial charge < -0.3 is 14.8 Å². The van der Waals surface area contributed by atoms with Crippen LogP contribution < -0.4 is 5.56 Å². The minimum absolute atomic E-state index is 0.181. The standard InChI is InChI=1S/C21H27FN4O4/c1-21(2,3)26(20(29)30)15-6-7-24(11-16(15)27)9-12-10-25-17(28)5-4-14-19(25)18(12)13(22)8-23-14/h4-5,8,12,15-16,27H,6-7,9-11H2,1-3H3,(H,29,30)/t12?,15-,16+/m1/s1.